The quantitative estimate of drug-likeness (QED) is 0.108. The lowest BCUT2D eigenvalue weighted by Gasteiger charge is -2.63. The first-order valence-electron chi connectivity index (χ1n) is 16.6. The Morgan fingerprint density at radius 3 is 2.42 bits per heavy atom. The molecule has 11 heteroatoms. The lowest BCUT2D eigenvalue weighted by Crippen LogP contribution is -2.62. The number of quaternary nitrogens is 1. The van der Waals surface area contributed by atoms with Gasteiger partial charge in [0.15, 0.2) is 0 Å². The molecule has 0 aromatic carbocycles. The fraction of sp³-hybridized carbons (Fsp3) is 0.969. The number of nitrogens with one attached hydrogen (secondary N) is 1. The van der Waals surface area contributed by atoms with Gasteiger partial charge in [-0.3, -0.25) is 9.35 Å². The predicted octanol–water partition coefficient (Wildman–Crippen LogP) is 2.20. The molecule has 12 atom stereocenters. The summed E-state index contributed by atoms with van der Waals surface area (Å²) in [7, 11) is -0.484. The third-order valence-corrected chi connectivity index (χ3v) is 13.5. The summed E-state index contributed by atoms with van der Waals surface area (Å²) >= 11 is 0. The summed E-state index contributed by atoms with van der Waals surface area (Å²) in [4.78, 5) is 12.7. The Morgan fingerprint density at radius 2 is 1.74 bits per heavy atom. The van der Waals surface area contributed by atoms with Crippen LogP contribution in [0.4, 0.5) is 0 Å². The molecule has 2 unspecified atom stereocenters. The number of nitrogens with zero attached hydrogens (tertiary/aromatic N) is 1. The van der Waals surface area contributed by atoms with Gasteiger partial charge in [-0.2, -0.15) is 8.42 Å². The number of rotatable bonds is 12. The minimum atomic E-state index is -4.23. The van der Waals surface area contributed by atoms with Gasteiger partial charge in [0.25, 0.3) is 10.1 Å². The van der Waals surface area contributed by atoms with Gasteiger partial charge in [-0.1, -0.05) is 20.8 Å². The van der Waals surface area contributed by atoms with Crippen molar-refractivity contribution in [1.29, 1.82) is 0 Å². The minimum absolute atomic E-state index is 0.00585. The van der Waals surface area contributed by atoms with Crippen molar-refractivity contribution in [2.75, 3.05) is 39.5 Å². The van der Waals surface area contributed by atoms with Gasteiger partial charge >= 0.3 is 0 Å². The molecule has 0 aliphatic heterocycles. The van der Waals surface area contributed by atoms with E-state index in [1.54, 1.807) is 0 Å². The Bertz CT molecular complexity index is 1090. The third kappa shape index (κ3) is 7.60. The standard InChI is InChI=1S/C32H58N2O8S/c1-20(7-10-29(39)33-13-6-14-34(4,5)18-23(36)19-43(40,41)42)24-8-9-25-30-26(17-28(38)32(24,25)3)31(2)12-11-22(35)15-21(31)16-27(30)37/h20-28,30,35-38H,6-19H2,1-5H3,(H-,33,39,40,41,42)/p+1/t20-,21+,22-,23?,24?,25+,26+,27-,28+,30+,31+,32-/m1/s1. The molecule has 43 heavy (non-hydrogen) atoms. The monoisotopic (exact) mass is 631 g/mol. The van der Waals surface area contributed by atoms with E-state index >= 15 is 0 Å². The number of hydrogen-bond acceptors (Lipinski definition) is 7. The molecule has 4 aliphatic carbocycles. The van der Waals surface area contributed by atoms with E-state index in [-0.39, 0.29) is 59.2 Å². The summed E-state index contributed by atoms with van der Waals surface area (Å²) in [5.41, 5.74) is -0.222. The zero-order valence-electron chi connectivity index (χ0n) is 27.0. The van der Waals surface area contributed by atoms with Crippen molar-refractivity contribution >= 4 is 16.0 Å². The van der Waals surface area contributed by atoms with Crippen LogP contribution >= 0.6 is 0 Å². The number of carbonyl (C=O) groups excluding carboxylic acids is 1. The number of aliphatic hydroxyl groups excluding tert-OH is 4. The second-order valence-electron chi connectivity index (χ2n) is 16.0. The van der Waals surface area contributed by atoms with Crippen LogP contribution in [0.3, 0.4) is 0 Å². The summed E-state index contributed by atoms with van der Waals surface area (Å²) in [6.07, 6.45) is 5.56. The zero-order valence-corrected chi connectivity index (χ0v) is 27.8. The van der Waals surface area contributed by atoms with Gasteiger partial charge < -0.3 is 30.2 Å². The molecule has 0 aromatic rings. The van der Waals surface area contributed by atoms with Crippen LogP contribution < -0.4 is 5.32 Å². The first kappa shape index (κ1) is 35.0. The molecule has 4 fully saturated rings. The van der Waals surface area contributed by atoms with Crippen LogP contribution in [0.1, 0.15) is 85.0 Å². The van der Waals surface area contributed by atoms with Crippen molar-refractivity contribution in [3.63, 3.8) is 0 Å². The van der Waals surface area contributed by atoms with E-state index in [0.717, 1.165) is 44.9 Å². The molecule has 1 amide bonds. The first-order chi connectivity index (χ1) is 19.9. The van der Waals surface area contributed by atoms with Gasteiger partial charge in [-0.15, -0.1) is 0 Å². The molecular formula is C32H59N2O8S+. The van der Waals surface area contributed by atoms with E-state index in [4.69, 9.17) is 4.55 Å². The maximum absolute atomic E-state index is 12.7. The van der Waals surface area contributed by atoms with E-state index in [2.05, 4.69) is 26.1 Å². The molecule has 4 rings (SSSR count). The highest BCUT2D eigenvalue weighted by Gasteiger charge is 2.65. The largest absolute Gasteiger partial charge is 0.393 e. The Balaban J connectivity index is 1.27. The van der Waals surface area contributed by atoms with E-state index in [1.165, 1.54) is 0 Å². The molecule has 0 saturated heterocycles. The molecular weight excluding hydrogens is 572 g/mol. The van der Waals surface area contributed by atoms with Gasteiger partial charge in [0, 0.05) is 19.4 Å². The van der Waals surface area contributed by atoms with E-state index in [9.17, 15) is 33.6 Å². The topological polar surface area (TPSA) is 164 Å². The van der Waals surface area contributed by atoms with Gasteiger partial charge in [0.1, 0.15) is 18.4 Å². The van der Waals surface area contributed by atoms with Crippen LogP contribution in [-0.2, 0) is 14.9 Å². The number of hydrogen-bond donors (Lipinski definition) is 6. The number of aliphatic hydroxyl groups is 4. The highest BCUT2D eigenvalue weighted by atomic mass is 32.2. The number of fused-ring (bicyclic) bond motifs is 5. The van der Waals surface area contributed by atoms with Crippen LogP contribution in [0.5, 0.6) is 0 Å². The average Bonchev–Trinajstić information content (AvgIpc) is 3.24. The lowest BCUT2D eigenvalue weighted by atomic mass is 9.43. The zero-order chi connectivity index (χ0) is 32.0. The molecule has 4 aliphatic rings. The third-order valence-electron chi connectivity index (χ3n) is 12.7. The summed E-state index contributed by atoms with van der Waals surface area (Å²) in [6, 6.07) is 0. The van der Waals surface area contributed by atoms with Crippen LogP contribution in [0.25, 0.3) is 0 Å². The van der Waals surface area contributed by atoms with Crippen LogP contribution in [-0.4, -0.2) is 108 Å². The Labute approximate surface area is 259 Å². The van der Waals surface area contributed by atoms with Crippen LogP contribution in [0, 0.1) is 46.3 Å². The van der Waals surface area contributed by atoms with Gasteiger partial charge in [-0.25, -0.2) is 0 Å². The second kappa shape index (κ2) is 13.1. The Kier molecular flexibility index (Phi) is 10.7. The van der Waals surface area contributed by atoms with E-state index < -0.39 is 28.1 Å². The number of carbonyl (C=O) groups is 1. The molecule has 0 aromatic heterocycles. The fourth-order valence-electron chi connectivity index (χ4n) is 10.5. The summed E-state index contributed by atoms with van der Waals surface area (Å²) in [5, 5.41) is 46.5. The van der Waals surface area contributed by atoms with Crippen molar-refractivity contribution in [3.05, 3.63) is 0 Å². The number of likely N-dealkylation sites (N-methyl/N-ethyl adjacent to an activating group) is 1. The van der Waals surface area contributed by atoms with Gasteiger partial charge in [0.2, 0.25) is 5.91 Å². The van der Waals surface area contributed by atoms with Crippen molar-refractivity contribution < 1.29 is 42.7 Å². The van der Waals surface area contributed by atoms with Gasteiger partial charge in [0.05, 0.1) is 39.0 Å². The van der Waals surface area contributed by atoms with Crippen LogP contribution in [0.15, 0.2) is 0 Å². The Morgan fingerprint density at radius 1 is 1.05 bits per heavy atom. The van der Waals surface area contributed by atoms with Crippen molar-refractivity contribution in [3.8, 4) is 0 Å². The molecule has 4 saturated carbocycles. The number of amides is 1. The SMILES string of the molecule is C[C@H](CCC(=O)NCCC[N+](C)(C)CC(O)CS(=O)(=O)O)C1CC[C@H]2[C@@H]3[C@H](O)C[C@@H]4C[C@H](O)CC[C@]4(C)[C@H]3C[C@H](O)[C@]12C. The van der Waals surface area contributed by atoms with Gasteiger partial charge in [-0.05, 0) is 97.7 Å². The summed E-state index contributed by atoms with van der Waals surface area (Å²) in [5.74, 6) is 0.890. The molecule has 0 bridgehead atoms. The maximum Gasteiger partial charge on any atom is 0.267 e. The molecule has 0 spiro atoms. The minimum Gasteiger partial charge on any atom is -0.393 e. The maximum atomic E-state index is 12.7. The smallest absolute Gasteiger partial charge is 0.267 e. The average molecular weight is 632 g/mol. The molecule has 0 radical (unpaired) electrons. The predicted molar refractivity (Wildman–Crippen MR) is 164 cm³/mol. The van der Waals surface area contributed by atoms with Crippen molar-refractivity contribution in [2.45, 2.75) is 109 Å². The molecule has 6 N–H and O–H groups in total. The normalized spacial score (nSPS) is 41.1. The Hall–Kier alpha value is -0.820. The summed E-state index contributed by atoms with van der Waals surface area (Å²) < 4.78 is 31.3. The molecule has 10 nitrogen and oxygen atoms in total. The van der Waals surface area contributed by atoms with Crippen molar-refractivity contribution in [1.82, 2.24) is 5.32 Å². The fourth-order valence-corrected chi connectivity index (χ4v) is 11.1. The lowest BCUT2D eigenvalue weighted by molar-refractivity contribution is -0.893. The van der Waals surface area contributed by atoms with E-state index in [1.807, 2.05) is 14.1 Å². The highest BCUT2D eigenvalue weighted by molar-refractivity contribution is 7.85. The first-order valence-corrected chi connectivity index (χ1v) is 18.2. The van der Waals surface area contributed by atoms with Crippen LogP contribution in [0.2, 0.25) is 0 Å². The molecule has 0 heterocycles. The summed E-state index contributed by atoms with van der Waals surface area (Å²) in [6.45, 7) is 8.10. The van der Waals surface area contributed by atoms with Crippen molar-refractivity contribution in [2.24, 2.45) is 46.3 Å². The second-order valence-corrected chi connectivity index (χ2v) is 17.5. The molecule has 250 valence electrons. The highest BCUT2D eigenvalue weighted by Crippen LogP contribution is 2.68. The van der Waals surface area contributed by atoms with E-state index in [0.29, 0.717) is 48.7 Å².